The van der Waals surface area contributed by atoms with Crippen LogP contribution in [-0.2, 0) is 22.6 Å². The summed E-state index contributed by atoms with van der Waals surface area (Å²) >= 11 is 1.47. The lowest BCUT2D eigenvalue weighted by atomic mass is 9.95. The number of amides is 2. The van der Waals surface area contributed by atoms with Gasteiger partial charge < -0.3 is 28.8 Å². The maximum absolute atomic E-state index is 14.2. The first kappa shape index (κ1) is 26.9. The van der Waals surface area contributed by atoms with Gasteiger partial charge in [0.1, 0.15) is 11.8 Å². The summed E-state index contributed by atoms with van der Waals surface area (Å²) in [5, 5.41) is 5.20. The molecule has 0 spiro atoms. The van der Waals surface area contributed by atoms with Crippen LogP contribution in [0.4, 0.5) is 0 Å². The van der Waals surface area contributed by atoms with Gasteiger partial charge >= 0.3 is 0 Å². The molecule has 1 atom stereocenters. The molecule has 2 amide bonds. The van der Waals surface area contributed by atoms with Crippen LogP contribution in [0.1, 0.15) is 64.9 Å². The Balaban J connectivity index is 1.30. The van der Waals surface area contributed by atoms with Crippen LogP contribution >= 0.6 is 11.3 Å². The Kier molecular flexibility index (Phi) is 8.36. The molecule has 40 heavy (non-hydrogen) atoms. The highest BCUT2D eigenvalue weighted by atomic mass is 32.1. The van der Waals surface area contributed by atoms with E-state index in [4.69, 9.17) is 18.6 Å². The van der Waals surface area contributed by atoms with Crippen molar-refractivity contribution in [2.24, 2.45) is 0 Å². The summed E-state index contributed by atoms with van der Waals surface area (Å²) < 4.78 is 22.6. The molecule has 0 unspecified atom stereocenters. The SMILES string of the molecule is O=C(NC1CCCCC1)[C@@H](c1cccs1)N(Cc1ccc2c(c1)OCO2)C(=O)c1ccc(CN2CCOCC2)o1. The number of morpholine rings is 1. The number of rotatable bonds is 9. The number of carbonyl (C=O) groups is 2. The van der Waals surface area contributed by atoms with E-state index in [1.54, 1.807) is 11.0 Å². The van der Waals surface area contributed by atoms with Crippen molar-refractivity contribution in [1.29, 1.82) is 0 Å². The lowest BCUT2D eigenvalue weighted by Crippen LogP contribution is -2.46. The van der Waals surface area contributed by atoms with Crippen molar-refractivity contribution < 1.29 is 28.2 Å². The van der Waals surface area contributed by atoms with Gasteiger partial charge in [-0.1, -0.05) is 31.4 Å². The Hall–Kier alpha value is -3.34. The molecule has 2 aliphatic heterocycles. The Morgan fingerprint density at radius 1 is 1.02 bits per heavy atom. The third-order valence-electron chi connectivity index (χ3n) is 7.73. The van der Waals surface area contributed by atoms with E-state index in [0.717, 1.165) is 49.2 Å². The maximum atomic E-state index is 14.2. The molecule has 0 radical (unpaired) electrons. The smallest absolute Gasteiger partial charge is 0.290 e. The van der Waals surface area contributed by atoms with Gasteiger partial charge in [0.15, 0.2) is 17.3 Å². The number of hydrogen-bond donors (Lipinski definition) is 1. The minimum absolute atomic E-state index is 0.120. The highest BCUT2D eigenvalue weighted by Gasteiger charge is 2.35. The van der Waals surface area contributed by atoms with Crippen LogP contribution in [0.5, 0.6) is 11.5 Å². The second kappa shape index (κ2) is 12.4. The second-order valence-electron chi connectivity index (χ2n) is 10.5. The Labute approximate surface area is 238 Å². The first-order valence-corrected chi connectivity index (χ1v) is 14.9. The fourth-order valence-corrected chi connectivity index (χ4v) is 6.45. The van der Waals surface area contributed by atoms with E-state index >= 15 is 0 Å². The molecule has 3 aliphatic rings. The molecule has 10 heteroatoms. The Morgan fingerprint density at radius 2 is 1.85 bits per heavy atom. The standard InChI is InChI=1S/C30H35N3O6S/c34-29(31-22-5-2-1-3-6-22)28(27-7-4-16-40-27)33(18-21-8-10-24-26(17-21)38-20-37-24)30(35)25-11-9-23(39-25)19-32-12-14-36-15-13-32/h4,7-11,16-17,22,28H,1-3,5-6,12-15,18-20H2,(H,31,34)/t28-/m1/s1. The molecule has 1 N–H and O–H groups in total. The number of carbonyl (C=O) groups excluding carboxylic acids is 2. The third-order valence-corrected chi connectivity index (χ3v) is 8.66. The quantitative estimate of drug-likeness (QED) is 0.401. The third kappa shape index (κ3) is 6.19. The highest BCUT2D eigenvalue weighted by Crippen LogP contribution is 2.35. The molecule has 2 fully saturated rings. The van der Waals surface area contributed by atoms with Gasteiger partial charge in [-0.15, -0.1) is 11.3 Å². The van der Waals surface area contributed by atoms with Crippen LogP contribution < -0.4 is 14.8 Å². The number of ether oxygens (including phenoxy) is 3. The van der Waals surface area contributed by atoms with Crippen molar-refractivity contribution in [2.45, 2.75) is 57.3 Å². The maximum Gasteiger partial charge on any atom is 0.290 e. The van der Waals surface area contributed by atoms with E-state index in [-0.39, 0.29) is 37.0 Å². The van der Waals surface area contributed by atoms with Gasteiger partial charge in [-0.05, 0) is 54.1 Å². The molecule has 2 aromatic heterocycles. The molecule has 212 valence electrons. The number of nitrogens with one attached hydrogen (secondary N) is 1. The summed E-state index contributed by atoms with van der Waals surface area (Å²) in [7, 11) is 0. The summed E-state index contributed by atoms with van der Waals surface area (Å²) in [6, 6.07) is 12.3. The van der Waals surface area contributed by atoms with Crippen LogP contribution in [0.2, 0.25) is 0 Å². The predicted octanol–water partition coefficient (Wildman–Crippen LogP) is 4.73. The van der Waals surface area contributed by atoms with Crippen molar-refractivity contribution in [2.75, 3.05) is 33.1 Å². The predicted molar refractivity (Wildman–Crippen MR) is 149 cm³/mol. The first-order valence-electron chi connectivity index (χ1n) is 14.1. The first-order chi connectivity index (χ1) is 19.6. The van der Waals surface area contributed by atoms with Gasteiger partial charge in [-0.2, -0.15) is 0 Å². The summed E-state index contributed by atoms with van der Waals surface area (Å²) in [4.78, 5) is 32.8. The van der Waals surface area contributed by atoms with Crippen molar-refractivity contribution in [1.82, 2.24) is 15.1 Å². The minimum Gasteiger partial charge on any atom is -0.455 e. The summed E-state index contributed by atoms with van der Waals surface area (Å²) in [6.45, 7) is 4.00. The lowest BCUT2D eigenvalue weighted by Gasteiger charge is -2.32. The zero-order valence-electron chi connectivity index (χ0n) is 22.5. The van der Waals surface area contributed by atoms with Crippen molar-refractivity contribution in [3.8, 4) is 11.5 Å². The van der Waals surface area contributed by atoms with Gasteiger partial charge in [-0.3, -0.25) is 14.5 Å². The van der Waals surface area contributed by atoms with Crippen LogP contribution in [0.3, 0.4) is 0 Å². The summed E-state index contributed by atoms with van der Waals surface area (Å²) in [6.07, 6.45) is 5.32. The van der Waals surface area contributed by atoms with Crippen molar-refractivity contribution >= 4 is 23.2 Å². The molecule has 6 rings (SSSR count). The average molecular weight is 566 g/mol. The second-order valence-corrected chi connectivity index (χ2v) is 11.5. The topological polar surface area (TPSA) is 93.5 Å². The molecule has 0 bridgehead atoms. The summed E-state index contributed by atoms with van der Waals surface area (Å²) in [5.74, 6) is 1.75. The van der Waals surface area contributed by atoms with Crippen molar-refractivity contribution in [3.63, 3.8) is 0 Å². The summed E-state index contributed by atoms with van der Waals surface area (Å²) in [5.41, 5.74) is 0.838. The molecular weight excluding hydrogens is 530 g/mol. The van der Waals surface area contributed by atoms with E-state index < -0.39 is 6.04 Å². The van der Waals surface area contributed by atoms with Gasteiger partial charge in [0, 0.05) is 30.6 Å². The number of nitrogens with zero attached hydrogens (tertiary/aromatic N) is 2. The normalized spacial score (nSPS) is 18.4. The molecule has 1 saturated heterocycles. The monoisotopic (exact) mass is 565 g/mol. The molecule has 4 heterocycles. The van der Waals surface area contributed by atoms with Gasteiger partial charge in [0.05, 0.1) is 19.8 Å². The molecule has 9 nitrogen and oxygen atoms in total. The Morgan fingerprint density at radius 3 is 2.65 bits per heavy atom. The fraction of sp³-hybridized carbons (Fsp3) is 0.467. The van der Waals surface area contributed by atoms with E-state index in [1.807, 2.05) is 41.8 Å². The number of thiophene rings is 1. The van der Waals surface area contributed by atoms with Gasteiger partial charge in [-0.25, -0.2) is 0 Å². The van der Waals surface area contributed by atoms with E-state index in [2.05, 4.69) is 10.2 Å². The lowest BCUT2D eigenvalue weighted by molar-refractivity contribution is -0.127. The molecule has 1 aromatic carbocycles. The zero-order valence-corrected chi connectivity index (χ0v) is 23.3. The van der Waals surface area contributed by atoms with Crippen molar-refractivity contribution in [3.05, 3.63) is 69.8 Å². The minimum atomic E-state index is -0.798. The van der Waals surface area contributed by atoms with Crippen LogP contribution in [0.15, 0.2) is 52.3 Å². The molecule has 1 saturated carbocycles. The van der Waals surface area contributed by atoms with E-state index in [9.17, 15) is 9.59 Å². The number of furan rings is 1. The highest BCUT2D eigenvalue weighted by molar-refractivity contribution is 7.10. The van der Waals surface area contributed by atoms with Gasteiger partial charge in [0.25, 0.3) is 5.91 Å². The number of hydrogen-bond acceptors (Lipinski definition) is 8. The van der Waals surface area contributed by atoms with E-state index in [0.29, 0.717) is 37.0 Å². The van der Waals surface area contributed by atoms with Crippen LogP contribution in [0.25, 0.3) is 0 Å². The zero-order chi connectivity index (χ0) is 27.3. The number of benzene rings is 1. The average Bonchev–Trinajstić information content (AvgIpc) is 3.76. The van der Waals surface area contributed by atoms with Gasteiger partial charge in [0.2, 0.25) is 12.7 Å². The molecule has 1 aliphatic carbocycles. The molecular formula is C30H35N3O6S. The molecule has 3 aromatic rings. The number of fused-ring (bicyclic) bond motifs is 1. The van der Waals surface area contributed by atoms with Crippen LogP contribution in [0, 0.1) is 0 Å². The van der Waals surface area contributed by atoms with Crippen LogP contribution in [-0.4, -0.2) is 60.8 Å². The largest absolute Gasteiger partial charge is 0.455 e. The fourth-order valence-electron chi connectivity index (χ4n) is 5.61. The Bertz CT molecular complexity index is 1300. The van der Waals surface area contributed by atoms with E-state index in [1.165, 1.54) is 17.8 Å².